The second-order valence-electron chi connectivity index (χ2n) is 4.49. The van der Waals surface area contributed by atoms with Gasteiger partial charge in [-0.3, -0.25) is 4.79 Å². The first-order valence-electron chi connectivity index (χ1n) is 5.01. The van der Waals surface area contributed by atoms with Crippen LogP contribution >= 0.6 is 11.6 Å². The van der Waals surface area contributed by atoms with Gasteiger partial charge in [-0.25, -0.2) is 0 Å². The Morgan fingerprint density at radius 1 is 1.64 bits per heavy atom. The number of amides is 1. The SMILES string of the molecule is C=CCN(C(=O)C(C)(C)CCl)C1CC1. The fraction of sp³-hybridized carbons (Fsp3) is 0.727. The first-order valence-corrected chi connectivity index (χ1v) is 5.54. The van der Waals surface area contributed by atoms with Gasteiger partial charge in [-0.2, -0.15) is 0 Å². The highest BCUT2D eigenvalue weighted by Crippen LogP contribution is 2.31. The van der Waals surface area contributed by atoms with Crippen LogP contribution in [0.3, 0.4) is 0 Å². The van der Waals surface area contributed by atoms with Crippen LogP contribution in [0.2, 0.25) is 0 Å². The number of hydrogen-bond donors (Lipinski definition) is 0. The summed E-state index contributed by atoms with van der Waals surface area (Å²) in [5, 5.41) is 0. The van der Waals surface area contributed by atoms with Gasteiger partial charge in [0, 0.05) is 18.5 Å². The molecule has 0 aromatic heterocycles. The average molecular weight is 216 g/mol. The van der Waals surface area contributed by atoms with Crippen LogP contribution in [0.4, 0.5) is 0 Å². The van der Waals surface area contributed by atoms with Crippen molar-refractivity contribution in [2.45, 2.75) is 32.7 Å². The van der Waals surface area contributed by atoms with Gasteiger partial charge in [-0.1, -0.05) is 6.08 Å². The minimum atomic E-state index is -0.451. The molecule has 1 aliphatic rings. The molecule has 1 amide bonds. The molecular weight excluding hydrogens is 198 g/mol. The summed E-state index contributed by atoms with van der Waals surface area (Å²) in [6.07, 6.45) is 4.02. The molecule has 0 unspecified atom stereocenters. The predicted molar refractivity (Wildman–Crippen MR) is 59.4 cm³/mol. The molecular formula is C11H18ClNO. The third-order valence-corrected chi connectivity index (χ3v) is 3.16. The Hall–Kier alpha value is -0.500. The quantitative estimate of drug-likeness (QED) is 0.510. The Morgan fingerprint density at radius 3 is 2.57 bits per heavy atom. The van der Waals surface area contributed by atoms with Crippen LogP contribution in [-0.2, 0) is 4.79 Å². The van der Waals surface area contributed by atoms with Crippen molar-refractivity contribution in [3.63, 3.8) is 0 Å². The first-order chi connectivity index (χ1) is 6.53. The molecule has 80 valence electrons. The average Bonchev–Trinajstić information content (AvgIpc) is 2.96. The smallest absolute Gasteiger partial charge is 0.229 e. The zero-order chi connectivity index (χ0) is 10.8. The fourth-order valence-electron chi connectivity index (χ4n) is 1.37. The largest absolute Gasteiger partial charge is 0.336 e. The molecule has 1 aliphatic carbocycles. The lowest BCUT2D eigenvalue weighted by atomic mass is 9.94. The van der Waals surface area contributed by atoms with Crippen LogP contribution in [0, 0.1) is 5.41 Å². The van der Waals surface area contributed by atoms with Crippen molar-refractivity contribution < 1.29 is 4.79 Å². The van der Waals surface area contributed by atoms with Gasteiger partial charge in [0.2, 0.25) is 5.91 Å². The molecule has 0 saturated heterocycles. The minimum Gasteiger partial charge on any atom is -0.336 e. The highest BCUT2D eigenvalue weighted by molar-refractivity contribution is 6.19. The van der Waals surface area contributed by atoms with E-state index in [1.54, 1.807) is 6.08 Å². The van der Waals surface area contributed by atoms with Crippen molar-refractivity contribution in [2.24, 2.45) is 5.41 Å². The van der Waals surface area contributed by atoms with Gasteiger partial charge in [0.15, 0.2) is 0 Å². The summed E-state index contributed by atoms with van der Waals surface area (Å²) in [4.78, 5) is 14.0. The van der Waals surface area contributed by atoms with Crippen LogP contribution in [0.25, 0.3) is 0 Å². The number of carbonyl (C=O) groups excluding carboxylic acids is 1. The van der Waals surface area contributed by atoms with E-state index in [0.717, 1.165) is 12.8 Å². The molecule has 0 bridgehead atoms. The molecule has 0 heterocycles. The van der Waals surface area contributed by atoms with E-state index in [0.29, 0.717) is 18.5 Å². The van der Waals surface area contributed by atoms with E-state index in [-0.39, 0.29) is 5.91 Å². The Kier molecular flexibility index (Phi) is 3.59. The first kappa shape index (κ1) is 11.6. The van der Waals surface area contributed by atoms with E-state index in [9.17, 15) is 4.79 Å². The molecule has 0 atom stereocenters. The van der Waals surface area contributed by atoms with E-state index in [1.807, 2.05) is 18.7 Å². The zero-order valence-electron chi connectivity index (χ0n) is 8.92. The maximum absolute atomic E-state index is 12.1. The van der Waals surface area contributed by atoms with Crippen molar-refractivity contribution in [3.05, 3.63) is 12.7 Å². The zero-order valence-corrected chi connectivity index (χ0v) is 9.68. The lowest BCUT2D eigenvalue weighted by Gasteiger charge is -2.29. The Bertz CT molecular complexity index is 233. The van der Waals surface area contributed by atoms with Crippen molar-refractivity contribution in [2.75, 3.05) is 12.4 Å². The Labute approximate surface area is 90.9 Å². The van der Waals surface area contributed by atoms with E-state index in [1.165, 1.54) is 0 Å². The normalized spacial score (nSPS) is 16.5. The summed E-state index contributed by atoms with van der Waals surface area (Å²) < 4.78 is 0. The molecule has 1 fully saturated rings. The van der Waals surface area contributed by atoms with Gasteiger partial charge in [-0.15, -0.1) is 18.2 Å². The van der Waals surface area contributed by atoms with Crippen molar-refractivity contribution in [1.29, 1.82) is 0 Å². The highest BCUT2D eigenvalue weighted by atomic mass is 35.5. The third-order valence-electron chi connectivity index (χ3n) is 2.49. The van der Waals surface area contributed by atoms with E-state index < -0.39 is 5.41 Å². The molecule has 0 aliphatic heterocycles. The Morgan fingerprint density at radius 2 is 2.21 bits per heavy atom. The predicted octanol–water partition coefficient (Wildman–Crippen LogP) is 2.43. The molecule has 0 N–H and O–H groups in total. The number of hydrogen-bond acceptors (Lipinski definition) is 1. The summed E-state index contributed by atoms with van der Waals surface area (Å²) in [7, 11) is 0. The number of nitrogens with zero attached hydrogens (tertiary/aromatic N) is 1. The fourth-order valence-corrected chi connectivity index (χ4v) is 1.48. The second-order valence-corrected chi connectivity index (χ2v) is 4.76. The minimum absolute atomic E-state index is 0.148. The monoisotopic (exact) mass is 215 g/mol. The number of rotatable bonds is 5. The van der Waals surface area contributed by atoms with E-state index in [2.05, 4.69) is 6.58 Å². The molecule has 1 rings (SSSR count). The second kappa shape index (κ2) is 4.35. The van der Waals surface area contributed by atoms with Crippen LogP contribution < -0.4 is 0 Å². The van der Waals surface area contributed by atoms with Crippen LogP contribution in [0.1, 0.15) is 26.7 Å². The molecule has 3 heteroatoms. The topological polar surface area (TPSA) is 20.3 Å². The number of carbonyl (C=O) groups is 1. The number of alkyl halides is 1. The summed E-state index contributed by atoms with van der Waals surface area (Å²) >= 11 is 5.78. The molecule has 1 saturated carbocycles. The molecule has 14 heavy (non-hydrogen) atoms. The summed E-state index contributed by atoms with van der Waals surface area (Å²) in [6, 6.07) is 0.433. The summed E-state index contributed by atoms with van der Waals surface area (Å²) in [5.41, 5.74) is -0.451. The lowest BCUT2D eigenvalue weighted by Crippen LogP contribution is -2.43. The van der Waals surface area contributed by atoms with Gasteiger partial charge in [0.25, 0.3) is 0 Å². The van der Waals surface area contributed by atoms with Gasteiger partial charge >= 0.3 is 0 Å². The molecule has 0 spiro atoms. The van der Waals surface area contributed by atoms with Crippen molar-refractivity contribution in [3.8, 4) is 0 Å². The van der Waals surface area contributed by atoms with Crippen molar-refractivity contribution in [1.82, 2.24) is 4.90 Å². The van der Waals surface area contributed by atoms with Crippen LogP contribution in [-0.4, -0.2) is 29.3 Å². The highest BCUT2D eigenvalue weighted by Gasteiger charge is 2.38. The summed E-state index contributed by atoms with van der Waals surface area (Å²) in [6.45, 7) is 8.10. The lowest BCUT2D eigenvalue weighted by molar-refractivity contribution is -0.139. The molecule has 2 nitrogen and oxygen atoms in total. The third kappa shape index (κ3) is 2.50. The van der Waals surface area contributed by atoms with Gasteiger partial charge < -0.3 is 4.90 Å². The maximum atomic E-state index is 12.1. The number of halogens is 1. The van der Waals surface area contributed by atoms with E-state index >= 15 is 0 Å². The maximum Gasteiger partial charge on any atom is 0.229 e. The summed E-state index contributed by atoms with van der Waals surface area (Å²) in [5.74, 6) is 0.515. The van der Waals surface area contributed by atoms with Gasteiger partial charge in [0.1, 0.15) is 0 Å². The van der Waals surface area contributed by atoms with Gasteiger partial charge in [-0.05, 0) is 26.7 Å². The van der Waals surface area contributed by atoms with Gasteiger partial charge in [0.05, 0.1) is 5.41 Å². The van der Waals surface area contributed by atoms with Crippen molar-refractivity contribution >= 4 is 17.5 Å². The van der Waals surface area contributed by atoms with Crippen LogP contribution in [0.15, 0.2) is 12.7 Å². The molecule has 0 radical (unpaired) electrons. The van der Waals surface area contributed by atoms with Crippen LogP contribution in [0.5, 0.6) is 0 Å². The standard InChI is InChI=1S/C11H18ClNO/c1-4-7-13(9-5-6-9)10(14)11(2,3)8-12/h4,9H,1,5-8H2,2-3H3. The Balaban J connectivity index is 2.67. The molecule has 0 aromatic rings. The van der Waals surface area contributed by atoms with E-state index in [4.69, 9.17) is 11.6 Å². The molecule has 0 aromatic carbocycles.